The highest BCUT2D eigenvalue weighted by Gasteiger charge is 2.44. The number of nitrogens with two attached hydrogens (primary N) is 2. The number of carboxylic acids is 1. The molecule has 0 bridgehead atoms. The molecule has 0 aromatic heterocycles. The van der Waals surface area contributed by atoms with Crippen LogP contribution in [0.15, 0.2) is 16.8 Å². The molecule has 0 radical (unpaired) electrons. The summed E-state index contributed by atoms with van der Waals surface area (Å²) in [7, 11) is 0. The maximum Gasteiger partial charge on any atom is 0.370 e. The summed E-state index contributed by atoms with van der Waals surface area (Å²) in [6, 6.07) is -2.19. The summed E-state index contributed by atoms with van der Waals surface area (Å²) >= 11 is 0. The molecule has 1 rings (SSSR count). The lowest BCUT2D eigenvalue weighted by molar-refractivity contribution is -0.156. The van der Waals surface area contributed by atoms with Crippen LogP contribution in [0.1, 0.15) is 90.9 Å². The zero-order valence-corrected chi connectivity index (χ0v) is 22.6. The largest absolute Gasteiger partial charge is 0.478 e. The number of nitrogens with one attached hydrogen (secondary N) is 1. The van der Waals surface area contributed by atoms with Gasteiger partial charge in [0, 0.05) is 13.3 Å². The molecule has 0 saturated carbocycles. The van der Waals surface area contributed by atoms with Crippen molar-refractivity contribution in [2.24, 2.45) is 16.5 Å². The summed E-state index contributed by atoms with van der Waals surface area (Å²) in [6.45, 7) is 2.88. The van der Waals surface area contributed by atoms with Crippen molar-refractivity contribution in [2.45, 2.75) is 121 Å². The highest BCUT2D eigenvalue weighted by Crippen LogP contribution is 2.25. The van der Waals surface area contributed by atoms with E-state index in [4.69, 9.17) is 20.9 Å². The number of amides is 1. The molecule has 0 fully saturated rings. The zero-order chi connectivity index (χ0) is 28.5. The summed E-state index contributed by atoms with van der Waals surface area (Å²) in [4.78, 5) is 39.2. The Labute approximate surface area is 224 Å². The number of carboxylic acid groups (broad SMARTS) is 1. The van der Waals surface area contributed by atoms with Crippen molar-refractivity contribution in [3.8, 4) is 0 Å². The molecule has 1 aliphatic heterocycles. The topological polar surface area (TPSA) is 207 Å². The molecular formula is C26H46N4O8. The summed E-state index contributed by atoms with van der Waals surface area (Å²) in [6.07, 6.45) is 9.13. The van der Waals surface area contributed by atoms with Crippen LogP contribution < -0.4 is 16.8 Å². The second-order valence-electron chi connectivity index (χ2n) is 9.72. The fourth-order valence-corrected chi connectivity index (χ4v) is 4.31. The van der Waals surface area contributed by atoms with Gasteiger partial charge in [0.15, 0.2) is 5.96 Å². The van der Waals surface area contributed by atoms with E-state index < -0.39 is 60.6 Å². The first-order chi connectivity index (χ1) is 18.1. The van der Waals surface area contributed by atoms with Gasteiger partial charge in [-0.25, -0.2) is 9.79 Å². The Morgan fingerprint density at radius 1 is 1.03 bits per heavy atom. The predicted molar refractivity (Wildman–Crippen MR) is 142 cm³/mol. The number of esters is 1. The van der Waals surface area contributed by atoms with E-state index in [-0.39, 0.29) is 12.4 Å². The number of aliphatic carboxylic acids is 1. The quantitative estimate of drug-likeness (QED) is 0.0599. The first kappa shape index (κ1) is 33.2. The zero-order valence-electron chi connectivity index (χ0n) is 22.6. The van der Waals surface area contributed by atoms with Gasteiger partial charge in [0.25, 0.3) is 0 Å². The van der Waals surface area contributed by atoms with Crippen molar-refractivity contribution in [1.29, 1.82) is 0 Å². The second kappa shape index (κ2) is 18.4. The van der Waals surface area contributed by atoms with Crippen molar-refractivity contribution in [1.82, 2.24) is 5.32 Å². The first-order valence-electron chi connectivity index (χ1n) is 13.6. The van der Waals surface area contributed by atoms with Crippen molar-refractivity contribution in [3.05, 3.63) is 11.8 Å². The van der Waals surface area contributed by atoms with Crippen LogP contribution in [0.25, 0.3) is 0 Å². The van der Waals surface area contributed by atoms with Crippen LogP contribution in [0.2, 0.25) is 0 Å². The van der Waals surface area contributed by atoms with Gasteiger partial charge >= 0.3 is 11.9 Å². The number of unbranched alkanes of at least 4 members (excludes halogenated alkanes) is 10. The van der Waals surface area contributed by atoms with Gasteiger partial charge in [0.1, 0.15) is 24.9 Å². The number of rotatable bonds is 19. The third-order valence-corrected chi connectivity index (χ3v) is 6.32. The van der Waals surface area contributed by atoms with Crippen molar-refractivity contribution >= 4 is 23.8 Å². The number of guanidine groups is 1. The van der Waals surface area contributed by atoms with Gasteiger partial charge in [-0.2, -0.15) is 0 Å². The van der Waals surface area contributed by atoms with Crippen LogP contribution in [0.3, 0.4) is 0 Å². The van der Waals surface area contributed by atoms with E-state index in [2.05, 4.69) is 17.2 Å². The first-order valence-corrected chi connectivity index (χ1v) is 13.6. The van der Waals surface area contributed by atoms with Gasteiger partial charge in [0.05, 0.1) is 12.1 Å². The van der Waals surface area contributed by atoms with E-state index in [1.807, 2.05) is 0 Å². The Hall–Kier alpha value is -2.86. The molecule has 1 aliphatic rings. The molecule has 3 unspecified atom stereocenters. The molecule has 0 spiro atoms. The van der Waals surface area contributed by atoms with Crippen LogP contribution in [0.4, 0.5) is 0 Å². The van der Waals surface area contributed by atoms with E-state index in [1.54, 1.807) is 0 Å². The van der Waals surface area contributed by atoms with E-state index in [0.29, 0.717) is 6.42 Å². The number of aliphatic hydroxyl groups is 2. The Bertz CT molecular complexity index is 800. The van der Waals surface area contributed by atoms with Gasteiger partial charge in [-0.3, -0.25) is 9.59 Å². The molecule has 5 atom stereocenters. The number of aliphatic imine (C=N–C) groups is 1. The number of ether oxygens (including phenoxy) is 2. The van der Waals surface area contributed by atoms with Gasteiger partial charge in [-0.1, -0.05) is 71.1 Å². The third kappa shape index (κ3) is 13.1. The normalized spacial score (nSPS) is 20.4. The van der Waals surface area contributed by atoms with Crippen molar-refractivity contribution < 1.29 is 39.2 Å². The van der Waals surface area contributed by atoms with Gasteiger partial charge < -0.3 is 41.6 Å². The van der Waals surface area contributed by atoms with Crippen LogP contribution >= 0.6 is 0 Å². The highest BCUT2D eigenvalue weighted by atomic mass is 16.6. The smallest absolute Gasteiger partial charge is 0.370 e. The number of carbonyl (C=O) groups is 3. The Balaban J connectivity index is 2.50. The number of hydrogen-bond donors (Lipinski definition) is 6. The minimum atomic E-state index is -1.73. The fourth-order valence-electron chi connectivity index (χ4n) is 4.31. The second-order valence-corrected chi connectivity index (χ2v) is 9.72. The summed E-state index contributed by atoms with van der Waals surface area (Å²) in [5.74, 6) is -3.43. The summed E-state index contributed by atoms with van der Waals surface area (Å²) in [5.41, 5.74) is 10.9. The molecule has 0 aromatic rings. The summed E-state index contributed by atoms with van der Waals surface area (Å²) in [5, 5.41) is 33.1. The maximum atomic E-state index is 12.1. The van der Waals surface area contributed by atoms with Gasteiger partial charge in [-0.15, -0.1) is 0 Å². The maximum absolute atomic E-state index is 12.1. The lowest BCUT2D eigenvalue weighted by Crippen LogP contribution is -2.60. The summed E-state index contributed by atoms with van der Waals surface area (Å²) < 4.78 is 10.5. The fraction of sp³-hybridized carbons (Fsp3) is 0.769. The Morgan fingerprint density at radius 3 is 2.08 bits per heavy atom. The van der Waals surface area contributed by atoms with Gasteiger partial charge in [0.2, 0.25) is 11.7 Å². The SMILES string of the molecule is CCCCCCCCCCCCCC(=O)OC[C@@H](O)C(O)C1OC(C(=O)O)=C[C@H](N=C(N)N)C1NC(C)=O. The minimum absolute atomic E-state index is 0.187. The van der Waals surface area contributed by atoms with E-state index in [0.717, 1.165) is 25.3 Å². The molecular weight excluding hydrogens is 496 g/mol. The predicted octanol–water partition coefficient (Wildman–Crippen LogP) is 1.47. The van der Waals surface area contributed by atoms with Crippen LogP contribution in [0, 0.1) is 0 Å². The molecule has 0 saturated heterocycles. The molecule has 1 amide bonds. The van der Waals surface area contributed by atoms with E-state index in [9.17, 15) is 29.7 Å². The number of hydrogen-bond acceptors (Lipinski definition) is 8. The molecule has 218 valence electrons. The standard InChI is InChI=1S/C26H46N4O8/c1-3-4-5-6-7-8-9-10-11-12-13-14-21(33)37-16-19(32)23(34)24-22(29-17(2)31)18(30-26(27)28)15-20(38-24)25(35)36/h15,18-19,22-24,32,34H,3-14,16H2,1-2H3,(H,29,31)(H,35,36)(H4,27,28,30)/t18-,19+,22?,23?,24?/m0/s1. The lowest BCUT2D eigenvalue weighted by atomic mass is 9.92. The van der Waals surface area contributed by atoms with Crippen molar-refractivity contribution in [2.75, 3.05) is 6.61 Å². The molecule has 12 nitrogen and oxygen atoms in total. The molecule has 0 aromatic carbocycles. The Morgan fingerprint density at radius 2 is 1.58 bits per heavy atom. The van der Waals surface area contributed by atoms with Crippen LogP contribution in [-0.4, -0.2) is 76.1 Å². The van der Waals surface area contributed by atoms with E-state index in [1.165, 1.54) is 51.9 Å². The molecule has 38 heavy (non-hydrogen) atoms. The average molecular weight is 543 g/mol. The van der Waals surface area contributed by atoms with E-state index >= 15 is 0 Å². The monoisotopic (exact) mass is 542 g/mol. The van der Waals surface area contributed by atoms with Crippen LogP contribution in [-0.2, 0) is 23.9 Å². The van der Waals surface area contributed by atoms with Gasteiger partial charge in [-0.05, 0) is 12.5 Å². The number of aliphatic hydroxyl groups excluding tert-OH is 2. The third-order valence-electron chi connectivity index (χ3n) is 6.32. The molecule has 1 heterocycles. The van der Waals surface area contributed by atoms with Crippen LogP contribution in [0.5, 0.6) is 0 Å². The highest BCUT2D eigenvalue weighted by molar-refractivity contribution is 5.85. The molecule has 0 aliphatic carbocycles. The Kier molecular flexibility index (Phi) is 16.1. The minimum Gasteiger partial charge on any atom is -0.478 e. The average Bonchev–Trinajstić information content (AvgIpc) is 2.85. The van der Waals surface area contributed by atoms with Crippen molar-refractivity contribution in [3.63, 3.8) is 0 Å². The molecule has 8 N–H and O–H groups in total. The molecule has 12 heteroatoms. The number of carbonyl (C=O) groups excluding carboxylic acids is 2. The number of nitrogens with zero attached hydrogens (tertiary/aromatic N) is 1. The lowest BCUT2D eigenvalue weighted by Gasteiger charge is -2.38.